The summed E-state index contributed by atoms with van der Waals surface area (Å²) in [7, 11) is 1.72. The van der Waals surface area contributed by atoms with Crippen LogP contribution in [0.1, 0.15) is 48.4 Å². The first-order valence-corrected chi connectivity index (χ1v) is 9.51. The number of hydrogen-bond donors (Lipinski definition) is 0. The Morgan fingerprint density at radius 2 is 2.11 bits per heavy atom. The van der Waals surface area contributed by atoms with Crippen molar-refractivity contribution >= 4 is 23.5 Å². The lowest BCUT2D eigenvalue weighted by atomic mass is 10.1. The van der Waals surface area contributed by atoms with E-state index in [1.807, 2.05) is 10.6 Å². The monoisotopic (exact) mass is 397 g/mol. The number of nitrogens with zero attached hydrogens (tertiary/aromatic N) is 3. The number of ether oxygens (including phenoxy) is 1. The van der Waals surface area contributed by atoms with Crippen LogP contribution >= 0.6 is 11.6 Å². The fourth-order valence-corrected chi connectivity index (χ4v) is 3.39. The summed E-state index contributed by atoms with van der Waals surface area (Å²) in [6.07, 6.45) is 3.42. The maximum Gasteiger partial charge on any atom is 0.310 e. The van der Waals surface area contributed by atoms with Gasteiger partial charge in [-0.15, -0.1) is 0 Å². The van der Waals surface area contributed by atoms with Gasteiger partial charge < -0.3 is 9.64 Å². The first kappa shape index (κ1) is 18.6. The predicted molar refractivity (Wildman–Crippen MR) is 104 cm³/mol. The number of rotatable bonds is 2. The number of aromatic nitrogens is 2. The molecule has 1 aromatic carbocycles. The SMILES string of the molecule is CN1Cc2c(C#CC(C)(C)OC(=O)C3CC3)ncn2-c2cccc(Cl)c2C1=O. The van der Waals surface area contributed by atoms with E-state index in [-0.39, 0.29) is 17.8 Å². The van der Waals surface area contributed by atoms with E-state index in [9.17, 15) is 9.59 Å². The van der Waals surface area contributed by atoms with Crippen molar-refractivity contribution in [2.45, 2.75) is 38.8 Å². The third-order valence-corrected chi connectivity index (χ3v) is 5.13. The molecule has 1 fully saturated rings. The van der Waals surface area contributed by atoms with Crippen LogP contribution in [-0.2, 0) is 16.1 Å². The molecule has 0 N–H and O–H groups in total. The molecule has 0 bridgehead atoms. The van der Waals surface area contributed by atoms with Gasteiger partial charge in [-0.2, -0.15) is 0 Å². The van der Waals surface area contributed by atoms with Crippen molar-refractivity contribution in [1.82, 2.24) is 14.5 Å². The summed E-state index contributed by atoms with van der Waals surface area (Å²) in [5.74, 6) is 5.72. The van der Waals surface area contributed by atoms with E-state index in [0.29, 0.717) is 28.5 Å². The van der Waals surface area contributed by atoms with Crippen molar-refractivity contribution in [2.75, 3.05) is 7.05 Å². The van der Waals surface area contributed by atoms with Gasteiger partial charge in [0.25, 0.3) is 5.91 Å². The van der Waals surface area contributed by atoms with Gasteiger partial charge in [0.15, 0.2) is 5.60 Å². The minimum absolute atomic E-state index is 0.0193. The van der Waals surface area contributed by atoms with E-state index in [1.54, 1.807) is 44.3 Å². The Hall–Kier alpha value is -2.78. The van der Waals surface area contributed by atoms with Crippen LogP contribution in [0.5, 0.6) is 0 Å². The number of carbonyl (C=O) groups is 2. The standard InChI is InChI=1S/C21H20ClN3O3/c1-21(2,28-20(27)13-7-8-13)10-9-15-17-11-24(3)19(26)18-14(22)5-4-6-16(18)25(17)12-23-15/h4-6,12-13H,7-8,11H2,1-3H3. The molecule has 0 unspecified atom stereocenters. The van der Waals surface area contributed by atoms with Crippen LogP contribution in [-0.4, -0.2) is 39.0 Å². The smallest absolute Gasteiger partial charge is 0.310 e. The summed E-state index contributed by atoms with van der Waals surface area (Å²) in [6, 6.07) is 5.34. The van der Waals surface area contributed by atoms with Crippen LogP contribution in [0.25, 0.3) is 5.69 Å². The number of fused-ring (bicyclic) bond motifs is 3. The molecule has 0 atom stereocenters. The van der Waals surface area contributed by atoms with Gasteiger partial charge in [-0.3, -0.25) is 14.2 Å². The second-order valence-electron chi connectivity index (χ2n) is 7.66. The molecule has 0 spiro atoms. The molecule has 1 aliphatic carbocycles. The lowest BCUT2D eigenvalue weighted by Crippen LogP contribution is -2.27. The molecule has 144 valence electrons. The molecule has 28 heavy (non-hydrogen) atoms. The molecule has 1 amide bonds. The van der Waals surface area contributed by atoms with Crippen molar-refractivity contribution in [2.24, 2.45) is 5.92 Å². The highest BCUT2D eigenvalue weighted by Crippen LogP contribution is 2.32. The zero-order chi connectivity index (χ0) is 20.1. The lowest BCUT2D eigenvalue weighted by Gasteiger charge is -2.18. The van der Waals surface area contributed by atoms with Gasteiger partial charge in [0.1, 0.15) is 12.0 Å². The summed E-state index contributed by atoms with van der Waals surface area (Å²) in [6.45, 7) is 3.87. The predicted octanol–water partition coefficient (Wildman–Crippen LogP) is 3.19. The van der Waals surface area contributed by atoms with Crippen molar-refractivity contribution in [3.05, 3.63) is 46.5 Å². The van der Waals surface area contributed by atoms with Crippen molar-refractivity contribution in [1.29, 1.82) is 0 Å². The fraction of sp³-hybridized carbons (Fsp3) is 0.381. The van der Waals surface area contributed by atoms with Gasteiger partial charge in [-0.25, -0.2) is 4.98 Å². The number of amides is 1. The highest BCUT2D eigenvalue weighted by Gasteiger charge is 2.34. The molecule has 1 aromatic heterocycles. The molecular formula is C21H20ClN3O3. The minimum atomic E-state index is -0.913. The molecule has 2 aromatic rings. The van der Waals surface area contributed by atoms with Crippen LogP contribution in [0.15, 0.2) is 24.5 Å². The Balaban J connectivity index is 1.71. The molecule has 2 aliphatic rings. The van der Waals surface area contributed by atoms with E-state index < -0.39 is 5.60 Å². The number of esters is 1. The molecule has 0 saturated heterocycles. The second kappa shape index (κ2) is 6.68. The van der Waals surface area contributed by atoms with Gasteiger partial charge >= 0.3 is 5.97 Å². The largest absolute Gasteiger partial charge is 0.446 e. The maximum atomic E-state index is 12.8. The lowest BCUT2D eigenvalue weighted by molar-refractivity contribution is -0.153. The minimum Gasteiger partial charge on any atom is -0.446 e. The van der Waals surface area contributed by atoms with Crippen molar-refractivity contribution in [3.63, 3.8) is 0 Å². The van der Waals surface area contributed by atoms with E-state index in [0.717, 1.165) is 18.5 Å². The third kappa shape index (κ3) is 3.38. The summed E-state index contributed by atoms with van der Waals surface area (Å²) < 4.78 is 7.35. The molecule has 2 heterocycles. The number of halogens is 1. The summed E-state index contributed by atoms with van der Waals surface area (Å²) >= 11 is 6.29. The van der Waals surface area contributed by atoms with E-state index in [4.69, 9.17) is 16.3 Å². The number of hydrogen-bond acceptors (Lipinski definition) is 4. The van der Waals surface area contributed by atoms with Gasteiger partial charge in [0.2, 0.25) is 0 Å². The summed E-state index contributed by atoms with van der Waals surface area (Å²) in [4.78, 5) is 30.7. The number of benzene rings is 1. The van der Waals surface area contributed by atoms with E-state index in [2.05, 4.69) is 16.8 Å². The molecule has 1 aliphatic heterocycles. The van der Waals surface area contributed by atoms with Crippen LogP contribution in [0.2, 0.25) is 5.02 Å². The van der Waals surface area contributed by atoms with Crippen LogP contribution < -0.4 is 0 Å². The highest BCUT2D eigenvalue weighted by molar-refractivity contribution is 6.34. The summed E-state index contributed by atoms with van der Waals surface area (Å²) in [5.41, 5.74) is 1.54. The average molecular weight is 398 g/mol. The molecular weight excluding hydrogens is 378 g/mol. The first-order valence-electron chi connectivity index (χ1n) is 9.13. The fourth-order valence-electron chi connectivity index (χ4n) is 3.14. The van der Waals surface area contributed by atoms with Crippen molar-refractivity contribution in [3.8, 4) is 17.5 Å². The Kier molecular flexibility index (Phi) is 4.43. The zero-order valence-corrected chi connectivity index (χ0v) is 16.7. The van der Waals surface area contributed by atoms with E-state index in [1.165, 1.54) is 0 Å². The first-order chi connectivity index (χ1) is 13.3. The van der Waals surface area contributed by atoms with Gasteiger partial charge in [-0.05, 0) is 50.7 Å². The Morgan fingerprint density at radius 3 is 2.82 bits per heavy atom. The number of carbonyl (C=O) groups excluding carboxylic acids is 2. The average Bonchev–Trinajstić information content (AvgIpc) is 3.42. The normalized spacial score (nSPS) is 15.9. The third-order valence-electron chi connectivity index (χ3n) is 4.81. The van der Waals surface area contributed by atoms with Crippen LogP contribution in [0.4, 0.5) is 0 Å². The zero-order valence-electron chi connectivity index (χ0n) is 16.0. The topological polar surface area (TPSA) is 64.4 Å². The molecule has 6 nitrogen and oxygen atoms in total. The molecule has 7 heteroatoms. The Labute approximate surface area is 168 Å². The van der Waals surface area contributed by atoms with E-state index >= 15 is 0 Å². The van der Waals surface area contributed by atoms with Gasteiger partial charge in [-0.1, -0.05) is 17.7 Å². The molecule has 0 radical (unpaired) electrons. The second-order valence-corrected chi connectivity index (χ2v) is 8.07. The summed E-state index contributed by atoms with van der Waals surface area (Å²) in [5, 5.41) is 0.400. The molecule has 4 rings (SSSR count). The number of imidazole rings is 1. The van der Waals surface area contributed by atoms with Crippen LogP contribution in [0.3, 0.4) is 0 Å². The highest BCUT2D eigenvalue weighted by atomic mass is 35.5. The molecule has 1 saturated carbocycles. The Bertz CT molecular complexity index is 1040. The van der Waals surface area contributed by atoms with Crippen LogP contribution in [0, 0.1) is 17.8 Å². The van der Waals surface area contributed by atoms with Gasteiger partial charge in [0, 0.05) is 7.05 Å². The maximum absolute atomic E-state index is 12.8. The van der Waals surface area contributed by atoms with Crippen molar-refractivity contribution < 1.29 is 14.3 Å². The van der Waals surface area contributed by atoms with Gasteiger partial charge in [0.05, 0.1) is 34.4 Å². The Morgan fingerprint density at radius 1 is 1.36 bits per heavy atom. The quantitative estimate of drug-likeness (QED) is 0.576.